The van der Waals surface area contributed by atoms with E-state index in [1.807, 2.05) is 7.11 Å². The van der Waals surface area contributed by atoms with Crippen molar-refractivity contribution in [3.63, 3.8) is 0 Å². The summed E-state index contributed by atoms with van der Waals surface area (Å²) >= 11 is 5.45. The first-order valence-corrected chi connectivity index (χ1v) is 8.50. The number of methoxy groups -OCH3 is 1. The highest BCUT2D eigenvalue weighted by Gasteiger charge is 2.42. The molecule has 0 radical (unpaired) electrons. The number of halogens is 1. The third-order valence-electron chi connectivity index (χ3n) is 3.78. The van der Waals surface area contributed by atoms with Gasteiger partial charge in [-0.1, -0.05) is 6.92 Å². The Morgan fingerprint density at radius 3 is 2.79 bits per heavy atom. The molecular weight excluding hydrogens is 326 g/mol. The van der Waals surface area contributed by atoms with Gasteiger partial charge >= 0.3 is 0 Å². The quantitative estimate of drug-likeness (QED) is 0.849. The second-order valence-corrected chi connectivity index (χ2v) is 6.70. The molecule has 1 aromatic rings. The average molecular weight is 348 g/mol. The maximum absolute atomic E-state index is 5.96. The van der Waals surface area contributed by atoms with Gasteiger partial charge in [-0.05, 0) is 40.3 Å². The Bertz CT molecular complexity index is 391. The van der Waals surface area contributed by atoms with Crippen LogP contribution in [0.15, 0.2) is 15.9 Å². The fraction of sp³-hybridized carbons (Fsp3) is 0.714. The summed E-state index contributed by atoms with van der Waals surface area (Å²) in [6, 6.07) is 2.35. The van der Waals surface area contributed by atoms with Crippen LogP contribution in [0.25, 0.3) is 0 Å². The van der Waals surface area contributed by atoms with E-state index in [1.54, 1.807) is 11.3 Å². The van der Waals surface area contributed by atoms with Crippen LogP contribution in [0.4, 0.5) is 0 Å². The second-order valence-electron chi connectivity index (χ2n) is 4.90. The van der Waals surface area contributed by atoms with Gasteiger partial charge in [0.15, 0.2) is 0 Å². The molecule has 1 N–H and O–H groups in total. The Kier molecular flexibility index (Phi) is 5.84. The zero-order chi connectivity index (χ0) is 13.7. The Balaban J connectivity index is 2.27. The first-order chi connectivity index (χ1) is 9.23. The molecule has 19 heavy (non-hydrogen) atoms. The molecule has 2 rings (SSSR count). The highest BCUT2D eigenvalue weighted by atomic mass is 79.9. The smallest absolute Gasteiger partial charge is 0.0924 e. The molecule has 1 atom stereocenters. The Hall–Kier alpha value is 0.0600. The third kappa shape index (κ3) is 3.39. The predicted molar refractivity (Wildman–Crippen MR) is 82.8 cm³/mol. The van der Waals surface area contributed by atoms with Gasteiger partial charge in [0, 0.05) is 42.5 Å². The average Bonchev–Trinajstić information content (AvgIpc) is 2.86. The van der Waals surface area contributed by atoms with Gasteiger partial charge in [-0.15, -0.1) is 11.3 Å². The zero-order valence-electron chi connectivity index (χ0n) is 11.6. The number of hydrogen-bond acceptors (Lipinski definition) is 4. The number of ether oxygens (including phenoxy) is 2. The number of rotatable bonds is 6. The van der Waals surface area contributed by atoms with Crippen LogP contribution in [-0.4, -0.2) is 32.5 Å². The van der Waals surface area contributed by atoms with Gasteiger partial charge < -0.3 is 14.8 Å². The summed E-state index contributed by atoms with van der Waals surface area (Å²) in [6.07, 6.45) is 3.00. The van der Waals surface area contributed by atoms with Crippen molar-refractivity contribution in [2.75, 3.05) is 26.9 Å². The SMILES string of the molecule is CCCNC(c1sccc1Br)C1(OC)CCOCC1. The van der Waals surface area contributed by atoms with Crippen molar-refractivity contribution in [1.82, 2.24) is 5.32 Å². The van der Waals surface area contributed by atoms with Crippen LogP contribution in [-0.2, 0) is 9.47 Å². The highest BCUT2D eigenvalue weighted by Crippen LogP contribution is 2.42. The lowest BCUT2D eigenvalue weighted by molar-refractivity contribution is -0.111. The van der Waals surface area contributed by atoms with Gasteiger partial charge in [-0.2, -0.15) is 0 Å². The molecule has 0 spiro atoms. The van der Waals surface area contributed by atoms with Crippen molar-refractivity contribution >= 4 is 27.3 Å². The van der Waals surface area contributed by atoms with Crippen molar-refractivity contribution in [2.24, 2.45) is 0 Å². The topological polar surface area (TPSA) is 30.5 Å². The Labute approximate surface area is 127 Å². The first kappa shape index (κ1) is 15.4. The number of nitrogens with one attached hydrogen (secondary N) is 1. The molecule has 1 fully saturated rings. The zero-order valence-corrected chi connectivity index (χ0v) is 14.0. The molecule has 3 nitrogen and oxygen atoms in total. The fourth-order valence-corrected chi connectivity index (χ4v) is 4.43. The van der Waals surface area contributed by atoms with E-state index in [0.29, 0.717) is 0 Å². The van der Waals surface area contributed by atoms with E-state index in [2.05, 4.69) is 39.6 Å². The summed E-state index contributed by atoms with van der Waals surface area (Å²) in [4.78, 5) is 1.33. The minimum atomic E-state index is -0.152. The molecular formula is C14H22BrNO2S. The van der Waals surface area contributed by atoms with Crippen LogP contribution in [0.1, 0.15) is 37.1 Å². The lowest BCUT2D eigenvalue weighted by Crippen LogP contribution is -2.49. The van der Waals surface area contributed by atoms with Gasteiger partial charge in [-0.25, -0.2) is 0 Å². The van der Waals surface area contributed by atoms with E-state index in [-0.39, 0.29) is 11.6 Å². The lowest BCUT2D eigenvalue weighted by Gasteiger charge is -2.42. The van der Waals surface area contributed by atoms with E-state index in [0.717, 1.165) is 39.0 Å². The van der Waals surface area contributed by atoms with Gasteiger partial charge in [0.05, 0.1) is 11.6 Å². The maximum Gasteiger partial charge on any atom is 0.0924 e. The summed E-state index contributed by atoms with van der Waals surface area (Å²) in [5, 5.41) is 5.80. The van der Waals surface area contributed by atoms with Crippen LogP contribution in [0.3, 0.4) is 0 Å². The molecule has 1 aliphatic heterocycles. The molecule has 0 aromatic carbocycles. The third-order valence-corrected chi connectivity index (χ3v) is 5.71. The Morgan fingerprint density at radius 2 is 2.26 bits per heavy atom. The van der Waals surface area contributed by atoms with Crippen molar-refractivity contribution < 1.29 is 9.47 Å². The first-order valence-electron chi connectivity index (χ1n) is 6.82. The summed E-state index contributed by atoms with van der Waals surface area (Å²) in [5.41, 5.74) is -0.152. The van der Waals surface area contributed by atoms with Crippen molar-refractivity contribution in [3.05, 3.63) is 20.8 Å². The number of thiophene rings is 1. The minimum absolute atomic E-state index is 0.152. The maximum atomic E-state index is 5.96. The fourth-order valence-electron chi connectivity index (χ4n) is 2.65. The van der Waals surface area contributed by atoms with Gasteiger partial charge in [0.2, 0.25) is 0 Å². The van der Waals surface area contributed by atoms with E-state index >= 15 is 0 Å². The van der Waals surface area contributed by atoms with Crippen LogP contribution >= 0.6 is 27.3 Å². The highest BCUT2D eigenvalue weighted by molar-refractivity contribution is 9.10. The summed E-state index contributed by atoms with van der Waals surface area (Å²) in [7, 11) is 1.83. The predicted octanol–water partition coefficient (Wildman–Crippen LogP) is 3.75. The number of hydrogen-bond donors (Lipinski definition) is 1. The van der Waals surface area contributed by atoms with Crippen molar-refractivity contribution in [2.45, 2.75) is 37.8 Å². The Morgan fingerprint density at radius 1 is 1.53 bits per heavy atom. The molecule has 0 amide bonds. The molecule has 1 unspecified atom stereocenters. The molecule has 1 saturated heterocycles. The normalized spacial score (nSPS) is 20.4. The molecule has 5 heteroatoms. The van der Waals surface area contributed by atoms with Crippen molar-refractivity contribution in [3.8, 4) is 0 Å². The van der Waals surface area contributed by atoms with Gasteiger partial charge in [0.1, 0.15) is 0 Å². The molecule has 0 aliphatic carbocycles. The molecule has 0 saturated carbocycles. The summed E-state index contributed by atoms with van der Waals surface area (Å²) in [5.74, 6) is 0. The van der Waals surface area contributed by atoms with Crippen LogP contribution < -0.4 is 5.32 Å². The second kappa shape index (κ2) is 7.18. The summed E-state index contributed by atoms with van der Waals surface area (Å²) < 4.78 is 12.6. The molecule has 1 aliphatic rings. The molecule has 0 bridgehead atoms. The molecule has 2 heterocycles. The van der Waals surface area contributed by atoms with Crippen LogP contribution in [0.5, 0.6) is 0 Å². The molecule has 108 valence electrons. The molecule has 1 aromatic heterocycles. The van der Waals surface area contributed by atoms with E-state index < -0.39 is 0 Å². The minimum Gasteiger partial charge on any atom is -0.381 e. The standard InChI is InChI=1S/C14H22BrNO2S/c1-3-7-16-13(12-11(15)4-10-19-12)14(17-2)5-8-18-9-6-14/h4,10,13,16H,3,5-9H2,1-2H3. The van der Waals surface area contributed by atoms with Crippen LogP contribution in [0.2, 0.25) is 0 Å². The van der Waals surface area contributed by atoms with Crippen molar-refractivity contribution in [1.29, 1.82) is 0 Å². The largest absolute Gasteiger partial charge is 0.381 e. The van der Waals surface area contributed by atoms with E-state index in [9.17, 15) is 0 Å². The summed E-state index contributed by atoms with van der Waals surface area (Å²) in [6.45, 7) is 4.75. The van der Waals surface area contributed by atoms with Crippen LogP contribution in [0, 0.1) is 0 Å². The van der Waals surface area contributed by atoms with Gasteiger partial charge in [-0.3, -0.25) is 0 Å². The lowest BCUT2D eigenvalue weighted by atomic mass is 9.85. The van der Waals surface area contributed by atoms with Gasteiger partial charge in [0.25, 0.3) is 0 Å². The van der Waals surface area contributed by atoms with E-state index in [1.165, 1.54) is 9.35 Å². The van der Waals surface area contributed by atoms with E-state index in [4.69, 9.17) is 9.47 Å². The monoisotopic (exact) mass is 347 g/mol.